The van der Waals surface area contributed by atoms with E-state index in [9.17, 15) is 0 Å². The number of aryl methyl sites for hydroxylation is 3. The van der Waals surface area contributed by atoms with Gasteiger partial charge >= 0.3 is 0 Å². The highest BCUT2D eigenvalue weighted by atomic mass is 35.5. The Morgan fingerprint density at radius 2 is 1.92 bits per heavy atom. The molecule has 1 saturated heterocycles. The Labute approximate surface area is 148 Å². The van der Waals surface area contributed by atoms with Gasteiger partial charge in [0.2, 0.25) is 0 Å². The van der Waals surface area contributed by atoms with Crippen molar-refractivity contribution in [1.82, 2.24) is 25.1 Å². The predicted molar refractivity (Wildman–Crippen MR) is 96.6 cm³/mol. The Kier molecular flexibility index (Phi) is 5.36. The van der Waals surface area contributed by atoms with Gasteiger partial charge in [0.1, 0.15) is 11.6 Å². The Hall–Kier alpha value is -1.66. The SMILES string of the molecule is CCCc1cc(N2CCN(Cc3n[nH]c(C)c3Cl)CC2)nc(C)n1. The van der Waals surface area contributed by atoms with E-state index in [0.717, 1.165) is 79.3 Å². The first-order valence-electron chi connectivity index (χ1n) is 8.58. The van der Waals surface area contributed by atoms with Gasteiger partial charge in [0, 0.05) is 44.5 Å². The average molecular weight is 349 g/mol. The number of aromatic nitrogens is 4. The lowest BCUT2D eigenvalue weighted by atomic mass is 10.2. The van der Waals surface area contributed by atoms with Crippen LogP contribution in [-0.4, -0.2) is 51.2 Å². The Bertz CT molecular complexity index is 690. The molecule has 0 unspecified atom stereocenters. The molecule has 0 aliphatic carbocycles. The van der Waals surface area contributed by atoms with Crippen molar-refractivity contribution in [2.24, 2.45) is 0 Å². The molecule has 0 radical (unpaired) electrons. The van der Waals surface area contributed by atoms with Gasteiger partial charge < -0.3 is 4.90 Å². The van der Waals surface area contributed by atoms with Crippen molar-refractivity contribution in [2.75, 3.05) is 31.1 Å². The molecule has 2 aromatic heterocycles. The Balaban J connectivity index is 1.61. The summed E-state index contributed by atoms with van der Waals surface area (Å²) in [7, 11) is 0. The molecule has 0 bridgehead atoms. The molecule has 0 atom stereocenters. The molecule has 3 rings (SSSR count). The number of hydrogen-bond donors (Lipinski definition) is 1. The van der Waals surface area contributed by atoms with Gasteiger partial charge in [-0.2, -0.15) is 5.10 Å². The van der Waals surface area contributed by atoms with Crippen LogP contribution in [0.2, 0.25) is 5.02 Å². The molecule has 1 aliphatic rings. The second-order valence-corrected chi connectivity index (χ2v) is 6.77. The summed E-state index contributed by atoms with van der Waals surface area (Å²) in [5.41, 5.74) is 3.01. The molecular weight excluding hydrogens is 324 g/mol. The summed E-state index contributed by atoms with van der Waals surface area (Å²) in [6.07, 6.45) is 2.11. The molecule has 0 spiro atoms. The lowest BCUT2D eigenvalue weighted by Crippen LogP contribution is -2.46. The number of nitrogens with one attached hydrogen (secondary N) is 1. The maximum absolute atomic E-state index is 6.27. The van der Waals surface area contributed by atoms with Crippen molar-refractivity contribution in [1.29, 1.82) is 0 Å². The molecule has 1 aliphatic heterocycles. The minimum absolute atomic E-state index is 0.757. The molecule has 7 heteroatoms. The minimum atomic E-state index is 0.757. The Morgan fingerprint density at radius 1 is 1.17 bits per heavy atom. The third-order valence-electron chi connectivity index (χ3n) is 4.39. The van der Waals surface area contributed by atoms with Gasteiger partial charge in [-0.25, -0.2) is 9.97 Å². The largest absolute Gasteiger partial charge is 0.354 e. The van der Waals surface area contributed by atoms with E-state index >= 15 is 0 Å². The monoisotopic (exact) mass is 348 g/mol. The fraction of sp³-hybridized carbons (Fsp3) is 0.588. The highest BCUT2D eigenvalue weighted by Crippen LogP contribution is 2.21. The molecule has 6 nitrogen and oxygen atoms in total. The van der Waals surface area contributed by atoms with Crippen molar-refractivity contribution in [2.45, 2.75) is 40.2 Å². The van der Waals surface area contributed by atoms with Gasteiger partial charge in [0.15, 0.2) is 0 Å². The number of halogens is 1. The number of nitrogens with zero attached hydrogens (tertiary/aromatic N) is 5. The summed E-state index contributed by atoms with van der Waals surface area (Å²) in [5.74, 6) is 1.91. The molecule has 0 aromatic carbocycles. The van der Waals surface area contributed by atoms with Crippen LogP contribution in [0.15, 0.2) is 6.07 Å². The summed E-state index contributed by atoms with van der Waals surface area (Å²) < 4.78 is 0. The maximum Gasteiger partial charge on any atom is 0.132 e. The molecule has 2 aromatic rings. The van der Waals surface area contributed by atoms with E-state index in [0.29, 0.717) is 0 Å². The van der Waals surface area contributed by atoms with Crippen molar-refractivity contribution in [3.05, 3.63) is 34.0 Å². The van der Waals surface area contributed by atoms with E-state index in [1.54, 1.807) is 0 Å². The summed E-state index contributed by atoms with van der Waals surface area (Å²) in [6, 6.07) is 2.14. The fourth-order valence-electron chi connectivity index (χ4n) is 3.08. The van der Waals surface area contributed by atoms with Crippen molar-refractivity contribution >= 4 is 17.4 Å². The first-order chi connectivity index (χ1) is 11.6. The van der Waals surface area contributed by atoms with Crippen LogP contribution in [0.5, 0.6) is 0 Å². The van der Waals surface area contributed by atoms with Crippen LogP contribution in [0.25, 0.3) is 0 Å². The molecule has 1 fully saturated rings. The second-order valence-electron chi connectivity index (χ2n) is 6.39. The molecule has 3 heterocycles. The van der Waals surface area contributed by atoms with E-state index < -0.39 is 0 Å². The molecule has 130 valence electrons. The van der Waals surface area contributed by atoms with E-state index in [2.05, 4.69) is 43.0 Å². The third kappa shape index (κ3) is 3.87. The highest BCUT2D eigenvalue weighted by Gasteiger charge is 2.21. The van der Waals surface area contributed by atoms with Crippen LogP contribution >= 0.6 is 11.6 Å². The molecule has 1 N–H and O–H groups in total. The van der Waals surface area contributed by atoms with Gasteiger partial charge in [-0.05, 0) is 20.3 Å². The highest BCUT2D eigenvalue weighted by molar-refractivity contribution is 6.31. The zero-order chi connectivity index (χ0) is 17.1. The van der Waals surface area contributed by atoms with Crippen LogP contribution in [0, 0.1) is 13.8 Å². The molecule has 24 heavy (non-hydrogen) atoms. The van der Waals surface area contributed by atoms with Crippen molar-refractivity contribution in [3.8, 4) is 0 Å². The summed E-state index contributed by atoms with van der Waals surface area (Å²) >= 11 is 6.27. The normalized spacial score (nSPS) is 15.9. The number of H-pyrrole nitrogens is 1. The molecular formula is C17H25ClN6. The quantitative estimate of drug-likeness (QED) is 0.900. The average Bonchev–Trinajstić information content (AvgIpc) is 2.87. The maximum atomic E-state index is 6.27. The summed E-state index contributed by atoms with van der Waals surface area (Å²) in [5, 5.41) is 8.00. The van der Waals surface area contributed by atoms with Crippen molar-refractivity contribution in [3.63, 3.8) is 0 Å². The van der Waals surface area contributed by atoms with E-state index in [1.807, 2.05) is 13.8 Å². The van der Waals surface area contributed by atoms with Crippen LogP contribution in [0.3, 0.4) is 0 Å². The third-order valence-corrected chi connectivity index (χ3v) is 4.90. The van der Waals surface area contributed by atoms with Gasteiger partial charge in [-0.15, -0.1) is 0 Å². The zero-order valence-electron chi connectivity index (χ0n) is 14.6. The number of anilines is 1. The molecule has 0 amide bonds. The lowest BCUT2D eigenvalue weighted by Gasteiger charge is -2.35. The smallest absolute Gasteiger partial charge is 0.132 e. The number of piperazine rings is 1. The van der Waals surface area contributed by atoms with Crippen LogP contribution in [0.1, 0.15) is 36.3 Å². The summed E-state index contributed by atoms with van der Waals surface area (Å²) in [4.78, 5) is 13.9. The minimum Gasteiger partial charge on any atom is -0.354 e. The van der Waals surface area contributed by atoms with Gasteiger partial charge in [0.05, 0.1) is 16.4 Å². The number of hydrogen-bond acceptors (Lipinski definition) is 5. The van der Waals surface area contributed by atoms with Crippen LogP contribution < -0.4 is 4.90 Å². The van der Waals surface area contributed by atoms with Gasteiger partial charge in [0.25, 0.3) is 0 Å². The molecule has 0 saturated carbocycles. The fourth-order valence-corrected chi connectivity index (χ4v) is 3.22. The van der Waals surface area contributed by atoms with E-state index in [1.165, 1.54) is 0 Å². The van der Waals surface area contributed by atoms with Crippen LogP contribution in [-0.2, 0) is 13.0 Å². The first-order valence-corrected chi connectivity index (χ1v) is 8.95. The second kappa shape index (κ2) is 7.49. The predicted octanol–water partition coefficient (Wildman–Crippen LogP) is 2.74. The van der Waals surface area contributed by atoms with Crippen LogP contribution in [0.4, 0.5) is 5.82 Å². The standard InChI is InChI=1S/C17H25ClN6/c1-4-5-14-10-16(20-13(3)19-14)24-8-6-23(7-9-24)11-15-17(18)12(2)21-22-15/h10H,4-9,11H2,1-3H3,(H,21,22). The first kappa shape index (κ1) is 17.2. The van der Waals surface area contributed by atoms with E-state index in [4.69, 9.17) is 11.6 Å². The Morgan fingerprint density at radius 3 is 2.54 bits per heavy atom. The van der Waals surface area contributed by atoms with Crippen molar-refractivity contribution < 1.29 is 0 Å². The number of aromatic amines is 1. The van der Waals surface area contributed by atoms with Gasteiger partial charge in [-0.1, -0.05) is 24.9 Å². The zero-order valence-corrected chi connectivity index (χ0v) is 15.4. The van der Waals surface area contributed by atoms with Gasteiger partial charge in [-0.3, -0.25) is 10.00 Å². The van der Waals surface area contributed by atoms with E-state index in [-0.39, 0.29) is 0 Å². The summed E-state index contributed by atoms with van der Waals surface area (Å²) in [6.45, 7) is 10.8. The lowest BCUT2D eigenvalue weighted by molar-refractivity contribution is 0.246. The number of rotatable bonds is 5. The topological polar surface area (TPSA) is 60.9 Å².